The second-order valence-corrected chi connectivity index (χ2v) is 8.08. The fourth-order valence-electron chi connectivity index (χ4n) is 4.12. The third-order valence-electron chi connectivity index (χ3n) is 5.82. The van der Waals surface area contributed by atoms with Crippen LogP contribution in [-0.2, 0) is 0 Å². The van der Waals surface area contributed by atoms with Crippen molar-refractivity contribution in [3.8, 4) is 11.3 Å². The summed E-state index contributed by atoms with van der Waals surface area (Å²) in [5, 5.41) is 17.3. The number of rotatable bonds is 8. The van der Waals surface area contributed by atoms with Crippen molar-refractivity contribution < 1.29 is 4.92 Å². The van der Waals surface area contributed by atoms with Crippen molar-refractivity contribution in [2.75, 3.05) is 47.4 Å². The van der Waals surface area contributed by atoms with Gasteiger partial charge in [-0.1, -0.05) is 12.1 Å². The van der Waals surface area contributed by atoms with Crippen LogP contribution in [0.15, 0.2) is 54.9 Å². The Morgan fingerprint density at radius 2 is 1.88 bits per heavy atom. The molecule has 174 valence electrons. The van der Waals surface area contributed by atoms with Gasteiger partial charge in [-0.2, -0.15) is 0 Å². The maximum atomic E-state index is 10.9. The second-order valence-electron chi connectivity index (χ2n) is 8.08. The fourth-order valence-corrected chi connectivity index (χ4v) is 4.12. The van der Waals surface area contributed by atoms with Crippen LogP contribution in [0.5, 0.6) is 0 Å². The molecule has 0 bridgehead atoms. The molecule has 1 aliphatic heterocycles. The molecule has 1 aliphatic rings. The minimum atomic E-state index is -0.552. The van der Waals surface area contributed by atoms with E-state index >= 15 is 0 Å². The predicted molar refractivity (Wildman–Crippen MR) is 132 cm³/mol. The van der Waals surface area contributed by atoms with Gasteiger partial charge in [-0.25, -0.2) is 15.0 Å². The number of imidazole rings is 1. The zero-order chi connectivity index (χ0) is 23.5. The summed E-state index contributed by atoms with van der Waals surface area (Å²) in [6, 6.07) is 13.3. The van der Waals surface area contributed by atoms with Crippen LogP contribution in [0.25, 0.3) is 16.9 Å². The van der Waals surface area contributed by atoms with Crippen molar-refractivity contribution in [3.05, 3.63) is 65.0 Å². The molecule has 4 N–H and O–H groups in total. The Labute approximate surface area is 195 Å². The predicted octanol–water partition coefficient (Wildman–Crippen LogP) is 3.41. The van der Waals surface area contributed by atoms with Gasteiger partial charge in [0.1, 0.15) is 11.5 Å². The van der Waals surface area contributed by atoms with Gasteiger partial charge in [0.2, 0.25) is 11.8 Å². The van der Waals surface area contributed by atoms with Crippen molar-refractivity contribution in [2.45, 2.75) is 12.8 Å². The smallest absolute Gasteiger partial charge is 0.311 e. The Balaban J connectivity index is 1.30. The minimum Gasteiger partial charge on any atom is -0.378 e. The molecule has 4 aromatic rings. The molecule has 0 spiro atoms. The van der Waals surface area contributed by atoms with E-state index < -0.39 is 4.92 Å². The summed E-state index contributed by atoms with van der Waals surface area (Å²) in [5.41, 5.74) is 9.36. The number of nitrogen functional groups attached to an aromatic ring is 1. The van der Waals surface area contributed by atoms with Gasteiger partial charge in [0, 0.05) is 62.0 Å². The van der Waals surface area contributed by atoms with Crippen LogP contribution in [-0.4, -0.2) is 50.5 Å². The van der Waals surface area contributed by atoms with E-state index in [1.54, 1.807) is 6.20 Å². The van der Waals surface area contributed by atoms with Gasteiger partial charge in [0.15, 0.2) is 0 Å². The van der Waals surface area contributed by atoms with Crippen molar-refractivity contribution in [1.82, 2.24) is 19.4 Å². The normalized spacial score (nSPS) is 13.4. The molecule has 0 atom stereocenters. The summed E-state index contributed by atoms with van der Waals surface area (Å²) < 4.78 is 1.90. The van der Waals surface area contributed by atoms with Crippen LogP contribution >= 0.6 is 0 Å². The number of nitrogens with one attached hydrogen (secondary N) is 2. The van der Waals surface area contributed by atoms with E-state index in [4.69, 9.17) is 10.7 Å². The van der Waals surface area contributed by atoms with E-state index in [-0.39, 0.29) is 11.5 Å². The Morgan fingerprint density at radius 3 is 2.68 bits per heavy atom. The standard InChI is InChI=1S/C23H25N9O2/c24-22-19(32(33)34)6-7-20(29-22)25-8-9-27-23-28-18(15-21-26-10-13-31(21)23)16-4-3-5-17(14-16)30-11-1-2-12-30/h3-7,10,13-15H,1-2,8-9,11-12H2,(H,27,28)(H3,24,25,29). The minimum absolute atomic E-state index is 0.117. The number of aromatic nitrogens is 4. The van der Waals surface area contributed by atoms with Gasteiger partial charge < -0.3 is 21.3 Å². The first-order valence-electron chi connectivity index (χ1n) is 11.2. The van der Waals surface area contributed by atoms with Gasteiger partial charge in [-0.15, -0.1) is 0 Å². The Kier molecular flexibility index (Phi) is 5.81. The van der Waals surface area contributed by atoms with Crippen molar-refractivity contribution in [2.24, 2.45) is 0 Å². The molecule has 0 aliphatic carbocycles. The molecule has 0 unspecified atom stereocenters. The molecule has 1 fully saturated rings. The Hall–Kier alpha value is -4.41. The van der Waals surface area contributed by atoms with Crippen molar-refractivity contribution >= 4 is 34.6 Å². The summed E-state index contributed by atoms with van der Waals surface area (Å²) in [6.07, 6.45) is 6.06. The molecule has 4 heterocycles. The number of benzene rings is 1. The summed E-state index contributed by atoms with van der Waals surface area (Å²) >= 11 is 0. The number of hydrogen-bond acceptors (Lipinski definition) is 9. The lowest BCUT2D eigenvalue weighted by atomic mass is 10.1. The summed E-state index contributed by atoms with van der Waals surface area (Å²) in [7, 11) is 0. The topological polar surface area (TPSA) is 140 Å². The average Bonchev–Trinajstić information content (AvgIpc) is 3.54. The third-order valence-corrected chi connectivity index (χ3v) is 5.82. The Bertz CT molecular complexity index is 1330. The van der Waals surface area contributed by atoms with Gasteiger partial charge >= 0.3 is 5.69 Å². The molecular weight excluding hydrogens is 434 g/mol. The first kappa shape index (κ1) is 21.4. The molecule has 0 amide bonds. The van der Waals surface area contributed by atoms with Crippen molar-refractivity contribution in [3.63, 3.8) is 0 Å². The third kappa shape index (κ3) is 4.40. The van der Waals surface area contributed by atoms with Crippen LogP contribution in [0.3, 0.4) is 0 Å². The lowest BCUT2D eigenvalue weighted by Gasteiger charge is -2.18. The average molecular weight is 460 g/mol. The number of nitrogens with two attached hydrogens (primary N) is 1. The SMILES string of the molecule is Nc1nc(NCCNc2nc(-c3cccc(N4CCCC4)c3)cc3nccn23)ccc1[N+](=O)[O-]. The van der Waals surface area contributed by atoms with Gasteiger partial charge in [0.05, 0.1) is 10.6 Å². The molecule has 1 saturated heterocycles. The van der Waals surface area contributed by atoms with Crippen molar-refractivity contribution in [1.29, 1.82) is 0 Å². The molecular formula is C23H25N9O2. The highest BCUT2D eigenvalue weighted by atomic mass is 16.6. The van der Waals surface area contributed by atoms with Crippen LogP contribution in [0.1, 0.15) is 12.8 Å². The number of hydrogen-bond donors (Lipinski definition) is 3. The number of anilines is 4. The molecule has 0 saturated carbocycles. The first-order chi connectivity index (χ1) is 16.6. The number of nitrogens with zero attached hydrogens (tertiary/aromatic N) is 6. The number of fused-ring (bicyclic) bond motifs is 1. The highest BCUT2D eigenvalue weighted by molar-refractivity contribution is 5.70. The van der Waals surface area contributed by atoms with E-state index in [1.165, 1.54) is 30.7 Å². The van der Waals surface area contributed by atoms with E-state index in [0.717, 1.165) is 30.0 Å². The first-order valence-corrected chi connectivity index (χ1v) is 11.2. The summed E-state index contributed by atoms with van der Waals surface area (Å²) in [5.74, 6) is 1.03. The van der Waals surface area contributed by atoms with Gasteiger partial charge in [-0.3, -0.25) is 14.5 Å². The Morgan fingerprint density at radius 1 is 1.06 bits per heavy atom. The molecule has 34 heavy (non-hydrogen) atoms. The summed E-state index contributed by atoms with van der Waals surface area (Å²) in [4.78, 5) is 26.1. The molecule has 1 aromatic carbocycles. The molecule has 11 heteroatoms. The molecule has 0 radical (unpaired) electrons. The van der Waals surface area contributed by atoms with E-state index in [9.17, 15) is 10.1 Å². The largest absolute Gasteiger partial charge is 0.378 e. The van der Waals surface area contributed by atoms with E-state index in [2.05, 4.69) is 49.8 Å². The lowest BCUT2D eigenvalue weighted by Crippen LogP contribution is -2.17. The number of pyridine rings is 1. The second kappa shape index (κ2) is 9.22. The van der Waals surface area contributed by atoms with Crippen LogP contribution in [0, 0.1) is 10.1 Å². The maximum Gasteiger partial charge on any atom is 0.311 e. The van der Waals surface area contributed by atoms with Gasteiger partial charge in [-0.05, 0) is 31.0 Å². The monoisotopic (exact) mass is 459 g/mol. The fraction of sp³-hybridized carbons (Fsp3) is 0.261. The van der Waals surface area contributed by atoms with Crippen LogP contribution in [0.2, 0.25) is 0 Å². The molecule has 11 nitrogen and oxygen atoms in total. The highest BCUT2D eigenvalue weighted by Crippen LogP contribution is 2.27. The lowest BCUT2D eigenvalue weighted by molar-refractivity contribution is -0.384. The maximum absolute atomic E-state index is 10.9. The van der Waals surface area contributed by atoms with Crippen LogP contribution in [0.4, 0.5) is 29.0 Å². The highest BCUT2D eigenvalue weighted by Gasteiger charge is 2.15. The molecule has 3 aromatic heterocycles. The van der Waals surface area contributed by atoms with Crippen LogP contribution < -0.4 is 21.3 Å². The number of nitro groups is 1. The van der Waals surface area contributed by atoms with E-state index in [1.807, 2.05) is 16.7 Å². The van der Waals surface area contributed by atoms with E-state index in [0.29, 0.717) is 24.9 Å². The molecule has 5 rings (SSSR count). The summed E-state index contributed by atoms with van der Waals surface area (Å²) in [6.45, 7) is 3.23. The zero-order valence-electron chi connectivity index (χ0n) is 18.5. The zero-order valence-corrected chi connectivity index (χ0v) is 18.5. The van der Waals surface area contributed by atoms with Gasteiger partial charge in [0.25, 0.3) is 0 Å². The quantitative estimate of drug-likeness (QED) is 0.205.